The number of carbonyl (C=O) groups is 1. The number of halogens is 6. The van der Waals surface area contributed by atoms with Crippen LogP contribution in [0.4, 0.5) is 22.0 Å². The van der Waals surface area contributed by atoms with E-state index < -0.39 is 42.5 Å². The van der Waals surface area contributed by atoms with Crippen LogP contribution in [0.5, 0.6) is 5.75 Å². The van der Waals surface area contributed by atoms with Gasteiger partial charge in [-0.3, -0.25) is 9.67 Å². The molecule has 12 heteroatoms. The van der Waals surface area contributed by atoms with Crippen molar-refractivity contribution >= 4 is 17.6 Å². The Labute approximate surface area is 160 Å². The predicted octanol–water partition coefficient (Wildman–Crippen LogP) is 4.66. The number of aryl methyl sites for hydroxylation is 1. The number of carboxylic acid groups (broad SMARTS) is 1. The van der Waals surface area contributed by atoms with Crippen molar-refractivity contribution in [2.45, 2.75) is 39.6 Å². The molecular formula is C16H15ClF5N3O3. The van der Waals surface area contributed by atoms with Crippen LogP contribution in [0.15, 0.2) is 12.3 Å². The molecule has 6 nitrogen and oxygen atoms in total. The Morgan fingerprint density at radius 3 is 2.54 bits per heavy atom. The van der Waals surface area contributed by atoms with Crippen molar-refractivity contribution in [3.63, 3.8) is 0 Å². The van der Waals surface area contributed by atoms with Crippen LogP contribution in [0.3, 0.4) is 0 Å². The van der Waals surface area contributed by atoms with Gasteiger partial charge in [-0.2, -0.15) is 27.1 Å². The smallest absolute Gasteiger partial charge is 0.391 e. The summed E-state index contributed by atoms with van der Waals surface area (Å²) in [7, 11) is 0. The normalized spacial score (nSPS) is 13.0. The second-order valence-corrected chi connectivity index (χ2v) is 6.21. The van der Waals surface area contributed by atoms with Gasteiger partial charge in [0, 0.05) is 30.9 Å². The summed E-state index contributed by atoms with van der Waals surface area (Å²) in [6.07, 6.45) is -4.02. The Morgan fingerprint density at radius 2 is 2.04 bits per heavy atom. The zero-order chi connectivity index (χ0) is 21.2. The van der Waals surface area contributed by atoms with Gasteiger partial charge in [-0.15, -0.1) is 0 Å². The van der Waals surface area contributed by atoms with Gasteiger partial charge in [-0.05, 0) is 6.92 Å². The van der Waals surface area contributed by atoms with Gasteiger partial charge in [0.1, 0.15) is 10.8 Å². The lowest BCUT2D eigenvalue weighted by Crippen LogP contribution is -2.22. The second kappa shape index (κ2) is 8.29. The molecule has 0 bridgehead atoms. The topological polar surface area (TPSA) is 77.2 Å². The molecule has 0 fully saturated rings. The van der Waals surface area contributed by atoms with Gasteiger partial charge in [0.15, 0.2) is 5.69 Å². The van der Waals surface area contributed by atoms with Crippen LogP contribution >= 0.6 is 11.6 Å². The van der Waals surface area contributed by atoms with Gasteiger partial charge in [-0.1, -0.05) is 18.5 Å². The zero-order valence-corrected chi connectivity index (χ0v) is 15.4. The molecule has 0 aliphatic heterocycles. The standard InChI is InChI=1S/C16H15ClF5N3O3/c1-3-25-13(11(17)12(24-25)14(26)27)9-6-23-8(4-7(2)16(20,21)22)5-10(9)28-15(18)19/h5-7,15H,3-4H2,1-2H3,(H,26,27). The Bertz CT molecular complexity index is 870. The van der Waals surface area contributed by atoms with Crippen molar-refractivity contribution < 1.29 is 36.6 Å². The lowest BCUT2D eigenvalue weighted by Gasteiger charge is -2.17. The number of hydrogen-bond donors (Lipinski definition) is 1. The molecule has 1 atom stereocenters. The van der Waals surface area contributed by atoms with Gasteiger partial charge >= 0.3 is 18.8 Å². The highest BCUT2D eigenvalue weighted by atomic mass is 35.5. The molecule has 0 radical (unpaired) electrons. The van der Waals surface area contributed by atoms with Crippen molar-refractivity contribution in [3.8, 4) is 17.0 Å². The van der Waals surface area contributed by atoms with E-state index >= 15 is 0 Å². The Kier molecular flexibility index (Phi) is 6.48. The first-order valence-electron chi connectivity index (χ1n) is 7.96. The third-order valence-electron chi connectivity index (χ3n) is 3.86. The SMILES string of the molecule is CCn1nc(C(=O)O)c(Cl)c1-c1cnc(CC(C)C(F)(F)F)cc1OC(F)F. The summed E-state index contributed by atoms with van der Waals surface area (Å²) < 4.78 is 69.5. The number of rotatable bonds is 7. The zero-order valence-electron chi connectivity index (χ0n) is 14.6. The summed E-state index contributed by atoms with van der Waals surface area (Å²) in [6.45, 7) is -0.585. The molecule has 2 rings (SSSR count). The lowest BCUT2D eigenvalue weighted by molar-refractivity contribution is -0.169. The third-order valence-corrected chi connectivity index (χ3v) is 4.22. The fourth-order valence-electron chi connectivity index (χ4n) is 2.45. The molecule has 0 amide bonds. The predicted molar refractivity (Wildman–Crippen MR) is 88.7 cm³/mol. The summed E-state index contributed by atoms with van der Waals surface area (Å²) in [5.41, 5.74) is -0.784. The highest BCUT2D eigenvalue weighted by Gasteiger charge is 2.36. The summed E-state index contributed by atoms with van der Waals surface area (Å²) in [4.78, 5) is 15.1. The number of aromatic carboxylic acids is 1. The quantitative estimate of drug-likeness (QED) is 0.650. The Balaban J connectivity index is 2.57. The van der Waals surface area contributed by atoms with E-state index in [1.807, 2.05) is 0 Å². The first-order valence-corrected chi connectivity index (χ1v) is 8.33. The Morgan fingerprint density at radius 1 is 1.39 bits per heavy atom. The molecule has 1 N–H and O–H groups in total. The highest BCUT2D eigenvalue weighted by molar-refractivity contribution is 6.35. The van der Waals surface area contributed by atoms with E-state index in [9.17, 15) is 26.7 Å². The average Bonchev–Trinajstić information content (AvgIpc) is 2.90. The maximum absolute atomic E-state index is 12.8. The number of hydrogen-bond acceptors (Lipinski definition) is 4. The number of ether oxygens (including phenoxy) is 1. The van der Waals surface area contributed by atoms with Crippen molar-refractivity contribution in [3.05, 3.63) is 28.7 Å². The molecule has 0 spiro atoms. The average molecular weight is 428 g/mol. The number of nitrogens with zero attached hydrogens (tertiary/aromatic N) is 3. The third kappa shape index (κ3) is 4.70. The Hall–Kier alpha value is -2.43. The van der Waals surface area contributed by atoms with Crippen molar-refractivity contribution in [1.29, 1.82) is 0 Å². The first-order chi connectivity index (χ1) is 13.0. The van der Waals surface area contributed by atoms with E-state index in [1.165, 1.54) is 0 Å². The molecule has 0 aliphatic rings. The van der Waals surface area contributed by atoms with Crippen molar-refractivity contribution in [2.75, 3.05) is 0 Å². The summed E-state index contributed by atoms with van der Waals surface area (Å²) in [5.74, 6) is -3.67. The summed E-state index contributed by atoms with van der Waals surface area (Å²) >= 11 is 6.05. The minimum Gasteiger partial charge on any atom is -0.476 e. The van der Waals surface area contributed by atoms with E-state index in [2.05, 4.69) is 14.8 Å². The monoisotopic (exact) mass is 427 g/mol. The van der Waals surface area contributed by atoms with E-state index in [0.717, 1.165) is 23.9 Å². The van der Waals surface area contributed by atoms with E-state index in [-0.39, 0.29) is 28.5 Å². The summed E-state index contributed by atoms with van der Waals surface area (Å²) in [5, 5.41) is 12.6. The maximum Gasteiger partial charge on any atom is 0.391 e. The van der Waals surface area contributed by atoms with Gasteiger partial charge in [-0.25, -0.2) is 4.79 Å². The fourth-order valence-corrected chi connectivity index (χ4v) is 2.77. The molecular weight excluding hydrogens is 413 g/mol. The first kappa shape index (κ1) is 21.9. The molecule has 2 aromatic heterocycles. The fraction of sp³-hybridized carbons (Fsp3) is 0.438. The number of pyridine rings is 1. The number of carboxylic acids is 1. The van der Waals surface area contributed by atoms with E-state index in [0.29, 0.717) is 0 Å². The molecule has 2 heterocycles. The molecule has 0 saturated heterocycles. The van der Waals surface area contributed by atoms with Crippen molar-refractivity contribution in [1.82, 2.24) is 14.8 Å². The number of alkyl halides is 5. The van der Waals surface area contributed by atoms with E-state index in [4.69, 9.17) is 16.7 Å². The molecule has 0 aliphatic carbocycles. The largest absolute Gasteiger partial charge is 0.476 e. The molecule has 2 aromatic rings. The minimum absolute atomic E-state index is 0.0415. The molecule has 0 saturated carbocycles. The van der Waals surface area contributed by atoms with Crippen LogP contribution < -0.4 is 4.74 Å². The molecule has 0 aromatic carbocycles. The van der Waals surface area contributed by atoms with Gasteiger partial charge in [0.2, 0.25) is 0 Å². The van der Waals surface area contributed by atoms with Gasteiger partial charge in [0.05, 0.1) is 17.2 Å². The lowest BCUT2D eigenvalue weighted by atomic mass is 10.0. The minimum atomic E-state index is -4.48. The van der Waals surface area contributed by atoms with Gasteiger partial charge < -0.3 is 9.84 Å². The van der Waals surface area contributed by atoms with Crippen molar-refractivity contribution in [2.24, 2.45) is 5.92 Å². The maximum atomic E-state index is 12.8. The van der Waals surface area contributed by atoms with Crippen LogP contribution in [0.25, 0.3) is 11.3 Å². The van der Waals surface area contributed by atoms with Gasteiger partial charge in [0.25, 0.3) is 0 Å². The van der Waals surface area contributed by atoms with Crippen LogP contribution in [-0.2, 0) is 13.0 Å². The second-order valence-electron chi connectivity index (χ2n) is 5.83. The molecule has 1 unspecified atom stereocenters. The molecule has 154 valence electrons. The highest BCUT2D eigenvalue weighted by Crippen LogP contribution is 2.38. The summed E-state index contributed by atoms with van der Waals surface area (Å²) in [6, 6.07) is 0.952. The number of aromatic nitrogens is 3. The van der Waals surface area contributed by atoms with Crippen LogP contribution in [0.1, 0.15) is 30.0 Å². The van der Waals surface area contributed by atoms with Crippen LogP contribution in [-0.4, -0.2) is 38.6 Å². The van der Waals surface area contributed by atoms with Crippen LogP contribution in [0, 0.1) is 5.92 Å². The van der Waals surface area contributed by atoms with Crippen LogP contribution in [0.2, 0.25) is 5.02 Å². The molecule has 28 heavy (non-hydrogen) atoms. The van der Waals surface area contributed by atoms with E-state index in [1.54, 1.807) is 6.92 Å².